The monoisotopic (exact) mass is 654 g/mol. The Morgan fingerprint density at radius 2 is 1.71 bits per heavy atom. The maximum atomic E-state index is 12.9. The summed E-state index contributed by atoms with van der Waals surface area (Å²) in [6.07, 6.45) is 4.49. The van der Waals surface area contributed by atoms with Crippen molar-refractivity contribution in [2.24, 2.45) is 11.3 Å². The highest BCUT2D eigenvalue weighted by Crippen LogP contribution is 2.60. The van der Waals surface area contributed by atoms with Gasteiger partial charge in [0.2, 0.25) is 0 Å². The molecular weight excluding hydrogens is 601 g/mol. The fourth-order valence-corrected chi connectivity index (χ4v) is 7.40. The molecule has 5 rings (SSSR count). The van der Waals surface area contributed by atoms with Crippen LogP contribution in [-0.2, 0) is 40.5 Å². The maximum Gasteiger partial charge on any atom is 0.414 e. The summed E-state index contributed by atoms with van der Waals surface area (Å²) in [6, 6.07) is 4.14. The Balaban J connectivity index is 1.53. The topological polar surface area (TPSA) is 96.5 Å². The van der Waals surface area contributed by atoms with E-state index in [9.17, 15) is 4.79 Å². The number of hydrogen-bond donors (Lipinski definition) is 0. The SMILES string of the molecule is CN(C(=O)OC(C)(C)C)c1cnc2nc(-c3nn(COCC[Si](C)(C)C)c4c3C[C@@H]3C[C@]3(C)C4)n(COCC[Si](C)(C)C)c2c1. The molecule has 3 aromatic rings. The highest BCUT2D eigenvalue weighted by molar-refractivity contribution is 6.76. The van der Waals surface area contributed by atoms with Crippen molar-refractivity contribution in [2.75, 3.05) is 25.2 Å². The zero-order valence-electron chi connectivity index (χ0n) is 29.4. The first-order valence-electron chi connectivity index (χ1n) is 16.4. The van der Waals surface area contributed by atoms with Crippen LogP contribution < -0.4 is 4.90 Å². The zero-order chi connectivity index (χ0) is 32.9. The van der Waals surface area contributed by atoms with E-state index in [4.69, 9.17) is 29.3 Å². The van der Waals surface area contributed by atoms with Crippen LogP contribution in [0, 0.1) is 11.3 Å². The number of amides is 1. The van der Waals surface area contributed by atoms with E-state index in [1.54, 1.807) is 13.2 Å². The molecule has 0 aliphatic heterocycles. The number of fused-ring (bicyclic) bond motifs is 3. The second kappa shape index (κ2) is 12.2. The highest BCUT2D eigenvalue weighted by Gasteiger charge is 2.54. The maximum absolute atomic E-state index is 12.9. The van der Waals surface area contributed by atoms with Crippen molar-refractivity contribution in [2.45, 2.75) is 117 Å². The lowest BCUT2D eigenvalue weighted by Gasteiger charge is -2.24. The molecule has 1 saturated carbocycles. The Hall–Kier alpha value is -2.55. The lowest BCUT2D eigenvalue weighted by atomic mass is 9.87. The number of hydrogen-bond acceptors (Lipinski definition) is 7. The number of pyridine rings is 1. The summed E-state index contributed by atoms with van der Waals surface area (Å²) in [4.78, 5) is 24.2. The van der Waals surface area contributed by atoms with Crippen LogP contribution in [0.2, 0.25) is 51.4 Å². The molecule has 2 aliphatic rings. The van der Waals surface area contributed by atoms with Crippen LogP contribution in [0.1, 0.15) is 45.4 Å². The number of ether oxygens (including phenoxy) is 3. The molecule has 0 spiro atoms. The van der Waals surface area contributed by atoms with Crippen LogP contribution in [0.15, 0.2) is 12.3 Å². The summed E-state index contributed by atoms with van der Waals surface area (Å²) in [6.45, 7) is 24.4. The minimum atomic E-state index is -1.27. The van der Waals surface area contributed by atoms with E-state index in [0.717, 1.165) is 48.6 Å². The molecule has 10 nitrogen and oxygen atoms in total. The fourth-order valence-electron chi connectivity index (χ4n) is 5.89. The second-order valence-electron chi connectivity index (χ2n) is 16.8. The number of carbonyl (C=O) groups is 1. The van der Waals surface area contributed by atoms with Gasteiger partial charge < -0.3 is 14.2 Å². The summed E-state index contributed by atoms with van der Waals surface area (Å²) in [5.74, 6) is 1.43. The molecule has 12 heteroatoms. The molecule has 0 unspecified atom stereocenters. The molecule has 3 aromatic heterocycles. The number of anilines is 1. The summed E-state index contributed by atoms with van der Waals surface area (Å²) in [5.41, 5.74) is 5.21. The normalized spacial score (nSPS) is 19.8. The molecule has 0 bridgehead atoms. The third kappa shape index (κ3) is 8.06. The molecule has 0 radical (unpaired) electrons. The summed E-state index contributed by atoms with van der Waals surface area (Å²) in [7, 11) is -0.757. The lowest BCUT2D eigenvalue weighted by molar-refractivity contribution is 0.0589. The van der Waals surface area contributed by atoms with Gasteiger partial charge >= 0.3 is 6.09 Å². The van der Waals surface area contributed by atoms with Crippen molar-refractivity contribution in [3.05, 3.63) is 23.5 Å². The number of imidazole rings is 1. The summed E-state index contributed by atoms with van der Waals surface area (Å²) < 4.78 is 22.3. The van der Waals surface area contributed by atoms with Crippen molar-refractivity contribution in [3.63, 3.8) is 0 Å². The van der Waals surface area contributed by atoms with Crippen LogP contribution in [0.3, 0.4) is 0 Å². The second-order valence-corrected chi connectivity index (χ2v) is 28.1. The van der Waals surface area contributed by atoms with E-state index < -0.39 is 27.8 Å². The molecule has 3 heterocycles. The minimum absolute atomic E-state index is 0.326. The van der Waals surface area contributed by atoms with Crippen molar-refractivity contribution in [1.29, 1.82) is 0 Å². The molecule has 1 amide bonds. The Labute approximate surface area is 270 Å². The molecule has 0 aromatic carbocycles. The summed E-state index contributed by atoms with van der Waals surface area (Å²) >= 11 is 0. The Bertz CT molecular complexity index is 1550. The van der Waals surface area contributed by atoms with Gasteiger partial charge in [0, 0.05) is 47.7 Å². The molecular formula is C33H54N6O4Si2. The van der Waals surface area contributed by atoms with Crippen molar-refractivity contribution in [3.8, 4) is 11.5 Å². The van der Waals surface area contributed by atoms with Crippen LogP contribution in [-0.4, -0.2) is 72.4 Å². The van der Waals surface area contributed by atoms with Crippen molar-refractivity contribution >= 4 is 39.1 Å². The average Bonchev–Trinajstić information content (AvgIpc) is 3.27. The highest BCUT2D eigenvalue weighted by atomic mass is 28.3. The largest absolute Gasteiger partial charge is 0.443 e. The van der Waals surface area contributed by atoms with E-state index in [0.29, 0.717) is 42.7 Å². The summed E-state index contributed by atoms with van der Waals surface area (Å²) in [5, 5.41) is 5.19. The first-order valence-corrected chi connectivity index (χ1v) is 23.8. The standard InChI is InChI=1S/C33H54N6O4Si2/c1-32(2,3)43-31(40)37(5)24-17-26-29(34-20-24)35-30(38(26)21-41-12-14-44(6,7)8)28-25-16-23-18-33(23,4)19-27(25)39(36-28)22-42-13-15-45(9,10)11/h17,20,23H,12-16,18-19,21-22H2,1-11H3/t23-,33-/m1/s1. The van der Waals surface area contributed by atoms with Gasteiger partial charge in [0.25, 0.3) is 0 Å². The quantitative estimate of drug-likeness (QED) is 0.148. The Morgan fingerprint density at radius 1 is 1.07 bits per heavy atom. The van der Waals surface area contributed by atoms with E-state index in [-0.39, 0.29) is 0 Å². The van der Waals surface area contributed by atoms with Gasteiger partial charge in [0.15, 0.2) is 11.5 Å². The van der Waals surface area contributed by atoms with Gasteiger partial charge in [-0.3, -0.25) is 9.47 Å². The molecule has 248 valence electrons. The first kappa shape index (κ1) is 33.8. The lowest BCUT2D eigenvalue weighted by Crippen LogP contribution is -2.34. The number of rotatable bonds is 12. The van der Waals surface area contributed by atoms with E-state index in [2.05, 4.69) is 55.5 Å². The van der Waals surface area contributed by atoms with E-state index in [1.165, 1.54) is 22.6 Å². The Kier molecular flexibility index (Phi) is 9.19. The van der Waals surface area contributed by atoms with Gasteiger partial charge in [-0.15, -0.1) is 0 Å². The third-order valence-electron chi connectivity index (χ3n) is 9.01. The van der Waals surface area contributed by atoms with Crippen LogP contribution >= 0.6 is 0 Å². The molecule has 2 aliphatic carbocycles. The number of carbonyl (C=O) groups excluding carboxylic acids is 1. The van der Waals surface area contributed by atoms with Gasteiger partial charge in [-0.1, -0.05) is 46.2 Å². The predicted octanol–water partition coefficient (Wildman–Crippen LogP) is 7.42. The predicted molar refractivity (Wildman–Crippen MR) is 185 cm³/mol. The molecule has 0 saturated heterocycles. The number of nitrogens with zero attached hydrogens (tertiary/aromatic N) is 6. The van der Waals surface area contributed by atoms with Gasteiger partial charge in [0.1, 0.15) is 24.8 Å². The van der Waals surface area contributed by atoms with E-state index in [1.807, 2.05) is 26.8 Å². The molecule has 0 N–H and O–H groups in total. The fraction of sp³-hybridized carbons (Fsp3) is 0.697. The third-order valence-corrected chi connectivity index (χ3v) is 12.4. The number of aromatic nitrogens is 5. The minimum Gasteiger partial charge on any atom is -0.443 e. The van der Waals surface area contributed by atoms with Gasteiger partial charge in [-0.05, 0) is 69.5 Å². The first-order chi connectivity index (χ1) is 20.8. The molecule has 45 heavy (non-hydrogen) atoms. The van der Waals surface area contributed by atoms with Gasteiger partial charge in [0.05, 0.1) is 17.4 Å². The molecule has 2 atom stereocenters. The van der Waals surface area contributed by atoms with Crippen LogP contribution in [0.4, 0.5) is 10.5 Å². The Morgan fingerprint density at radius 3 is 2.33 bits per heavy atom. The average molecular weight is 655 g/mol. The molecule has 1 fully saturated rings. The van der Waals surface area contributed by atoms with Crippen LogP contribution in [0.5, 0.6) is 0 Å². The smallest absolute Gasteiger partial charge is 0.414 e. The van der Waals surface area contributed by atoms with Crippen LogP contribution in [0.25, 0.3) is 22.7 Å². The zero-order valence-corrected chi connectivity index (χ0v) is 31.4. The van der Waals surface area contributed by atoms with Crippen molar-refractivity contribution in [1.82, 2.24) is 24.3 Å². The van der Waals surface area contributed by atoms with Gasteiger partial charge in [-0.25, -0.2) is 19.4 Å². The van der Waals surface area contributed by atoms with Gasteiger partial charge in [-0.2, -0.15) is 5.10 Å². The van der Waals surface area contributed by atoms with E-state index >= 15 is 0 Å². The van der Waals surface area contributed by atoms with Crippen molar-refractivity contribution < 1.29 is 19.0 Å².